The number of ether oxygens (including phenoxy) is 2. The van der Waals surface area contributed by atoms with Crippen LogP contribution in [0.2, 0.25) is 0 Å². The SMILES string of the molecule is COc1cc2c(cc1OC)C(c1ccccc1)N(CN1C(=O)NC(C)(c3ccco3)C1=O)CC2. The summed E-state index contributed by atoms with van der Waals surface area (Å²) in [5.41, 5.74) is 2.06. The predicted molar refractivity (Wildman–Crippen MR) is 125 cm³/mol. The Hall–Kier alpha value is -3.78. The summed E-state index contributed by atoms with van der Waals surface area (Å²) in [6, 6.07) is 16.9. The fourth-order valence-electron chi connectivity index (χ4n) is 4.91. The van der Waals surface area contributed by atoms with Crippen molar-refractivity contribution in [3.63, 3.8) is 0 Å². The number of rotatable bonds is 6. The number of fused-ring (bicyclic) bond motifs is 1. The van der Waals surface area contributed by atoms with Gasteiger partial charge in [0, 0.05) is 6.54 Å². The molecule has 1 fully saturated rings. The van der Waals surface area contributed by atoms with Crippen LogP contribution in [0.3, 0.4) is 0 Å². The summed E-state index contributed by atoms with van der Waals surface area (Å²) in [4.78, 5) is 29.7. The van der Waals surface area contributed by atoms with E-state index in [-0.39, 0.29) is 18.6 Å². The zero-order chi connectivity index (χ0) is 23.9. The van der Waals surface area contributed by atoms with Gasteiger partial charge in [-0.25, -0.2) is 9.69 Å². The van der Waals surface area contributed by atoms with E-state index in [2.05, 4.69) is 22.3 Å². The molecule has 8 heteroatoms. The van der Waals surface area contributed by atoms with Gasteiger partial charge in [-0.1, -0.05) is 30.3 Å². The van der Waals surface area contributed by atoms with Gasteiger partial charge >= 0.3 is 6.03 Å². The molecule has 0 aliphatic carbocycles. The summed E-state index contributed by atoms with van der Waals surface area (Å²) >= 11 is 0. The third-order valence-electron chi connectivity index (χ3n) is 6.70. The first-order chi connectivity index (χ1) is 16.5. The Morgan fingerprint density at radius 3 is 2.47 bits per heavy atom. The van der Waals surface area contributed by atoms with Crippen molar-refractivity contribution in [1.29, 1.82) is 0 Å². The minimum Gasteiger partial charge on any atom is -0.493 e. The monoisotopic (exact) mass is 461 g/mol. The lowest BCUT2D eigenvalue weighted by Gasteiger charge is -2.39. The molecule has 0 bridgehead atoms. The minimum atomic E-state index is -1.23. The van der Waals surface area contributed by atoms with Crippen LogP contribution in [0.5, 0.6) is 11.5 Å². The standard InChI is InChI=1S/C26H27N3O5/c1-26(22-10-7-13-34-22)24(30)29(25(31)27-26)16-28-12-11-18-14-20(32-2)21(33-3)15-19(18)23(28)17-8-5-4-6-9-17/h4-10,13-15,23H,11-12,16H2,1-3H3,(H,27,31). The van der Waals surface area contributed by atoms with Crippen molar-refractivity contribution in [3.05, 3.63) is 83.3 Å². The average Bonchev–Trinajstić information content (AvgIpc) is 3.48. The van der Waals surface area contributed by atoms with Crippen molar-refractivity contribution in [1.82, 2.24) is 15.1 Å². The Labute approximate surface area is 198 Å². The molecule has 0 radical (unpaired) electrons. The molecule has 3 aromatic rings. The number of nitrogens with one attached hydrogen (secondary N) is 1. The van der Waals surface area contributed by atoms with Crippen LogP contribution in [0.1, 0.15) is 35.4 Å². The number of benzene rings is 2. The predicted octanol–water partition coefficient (Wildman–Crippen LogP) is 3.67. The third-order valence-corrected chi connectivity index (χ3v) is 6.70. The Morgan fingerprint density at radius 2 is 1.79 bits per heavy atom. The van der Waals surface area contributed by atoms with E-state index >= 15 is 0 Å². The minimum absolute atomic E-state index is 0.147. The highest BCUT2D eigenvalue weighted by atomic mass is 16.5. The fraction of sp³-hybridized carbons (Fsp3) is 0.308. The second-order valence-electron chi connectivity index (χ2n) is 8.69. The number of carbonyl (C=O) groups excluding carboxylic acids is 2. The number of hydrogen-bond acceptors (Lipinski definition) is 6. The van der Waals surface area contributed by atoms with Gasteiger partial charge in [0.25, 0.3) is 5.91 Å². The lowest BCUT2D eigenvalue weighted by Crippen LogP contribution is -2.47. The van der Waals surface area contributed by atoms with E-state index in [4.69, 9.17) is 13.9 Å². The molecule has 3 heterocycles. The maximum Gasteiger partial charge on any atom is 0.326 e. The number of imide groups is 1. The summed E-state index contributed by atoms with van der Waals surface area (Å²) in [6.07, 6.45) is 2.25. The van der Waals surface area contributed by atoms with E-state index in [1.807, 2.05) is 30.3 Å². The number of nitrogens with zero attached hydrogens (tertiary/aromatic N) is 2. The molecular weight excluding hydrogens is 434 g/mol. The van der Waals surface area contributed by atoms with Crippen LogP contribution in [0.4, 0.5) is 4.79 Å². The van der Waals surface area contributed by atoms with E-state index in [0.717, 1.165) is 23.1 Å². The molecule has 2 aliphatic rings. The van der Waals surface area contributed by atoms with Crippen molar-refractivity contribution < 1.29 is 23.5 Å². The first-order valence-corrected chi connectivity index (χ1v) is 11.2. The number of urea groups is 1. The molecule has 1 N–H and O–H groups in total. The van der Waals surface area contributed by atoms with Crippen LogP contribution in [0, 0.1) is 0 Å². The molecule has 176 valence electrons. The molecule has 34 heavy (non-hydrogen) atoms. The van der Waals surface area contributed by atoms with Gasteiger partial charge in [-0.2, -0.15) is 0 Å². The molecule has 2 aliphatic heterocycles. The molecule has 3 amide bonds. The first kappa shape index (κ1) is 22.0. The summed E-state index contributed by atoms with van der Waals surface area (Å²) in [5, 5.41) is 2.81. The smallest absolute Gasteiger partial charge is 0.326 e. The summed E-state index contributed by atoms with van der Waals surface area (Å²) in [7, 11) is 3.24. The second kappa shape index (κ2) is 8.53. The maximum atomic E-state index is 13.4. The summed E-state index contributed by atoms with van der Waals surface area (Å²) in [5.74, 6) is 1.40. The molecule has 2 aromatic carbocycles. The highest BCUT2D eigenvalue weighted by molar-refractivity contribution is 6.06. The quantitative estimate of drug-likeness (QED) is 0.564. The van der Waals surface area contributed by atoms with Crippen LogP contribution in [-0.2, 0) is 16.8 Å². The van der Waals surface area contributed by atoms with Crippen molar-refractivity contribution in [3.8, 4) is 11.5 Å². The van der Waals surface area contributed by atoms with Gasteiger partial charge in [-0.3, -0.25) is 9.69 Å². The van der Waals surface area contributed by atoms with Gasteiger partial charge < -0.3 is 19.2 Å². The largest absolute Gasteiger partial charge is 0.493 e. The molecule has 8 nitrogen and oxygen atoms in total. The number of carbonyl (C=O) groups is 2. The van der Waals surface area contributed by atoms with Crippen LogP contribution in [-0.4, -0.2) is 49.2 Å². The number of methoxy groups -OCH3 is 2. The Morgan fingerprint density at radius 1 is 1.06 bits per heavy atom. The topological polar surface area (TPSA) is 84.2 Å². The Bertz CT molecular complexity index is 1210. The fourth-order valence-corrected chi connectivity index (χ4v) is 4.91. The van der Waals surface area contributed by atoms with Crippen molar-refractivity contribution in [2.75, 3.05) is 27.4 Å². The second-order valence-corrected chi connectivity index (χ2v) is 8.69. The molecular formula is C26H27N3O5. The number of amides is 3. The van der Waals surface area contributed by atoms with E-state index in [1.54, 1.807) is 33.3 Å². The summed E-state index contributed by atoms with van der Waals surface area (Å²) < 4.78 is 16.5. The average molecular weight is 462 g/mol. The molecule has 2 atom stereocenters. The van der Waals surface area contributed by atoms with Crippen LogP contribution in [0.15, 0.2) is 65.3 Å². The molecule has 2 unspecified atom stereocenters. The zero-order valence-corrected chi connectivity index (χ0v) is 19.4. The zero-order valence-electron chi connectivity index (χ0n) is 19.4. The third kappa shape index (κ3) is 3.51. The van der Waals surface area contributed by atoms with E-state index in [0.29, 0.717) is 23.8 Å². The Kier molecular flexibility index (Phi) is 5.53. The maximum absolute atomic E-state index is 13.4. The number of hydrogen-bond donors (Lipinski definition) is 1. The van der Waals surface area contributed by atoms with Crippen LogP contribution < -0.4 is 14.8 Å². The lowest BCUT2D eigenvalue weighted by atomic mass is 9.88. The highest BCUT2D eigenvalue weighted by Gasteiger charge is 2.51. The highest BCUT2D eigenvalue weighted by Crippen LogP contribution is 2.41. The van der Waals surface area contributed by atoms with Crippen LogP contribution >= 0.6 is 0 Å². The van der Waals surface area contributed by atoms with Crippen molar-refractivity contribution in [2.45, 2.75) is 24.9 Å². The molecule has 0 saturated carbocycles. The van der Waals surface area contributed by atoms with E-state index in [1.165, 1.54) is 11.2 Å². The molecule has 0 spiro atoms. The molecule has 1 aromatic heterocycles. The van der Waals surface area contributed by atoms with Gasteiger partial charge in [0.1, 0.15) is 5.76 Å². The van der Waals surface area contributed by atoms with Gasteiger partial charge in [-0.15, -0.1) is 0 Å². The van der Waals surface area contributed by atoms with Crippen LogP contribution in [0.25, 0.3) is 0 Å². The molecule has 1 saturated heterocycles. The first-order valence-electron chi connectivity index (χ1n) is 11.2. The van der Waals surface area contributed by atoms with E-state index < -0.39 is 11.6 Å². The van der Waals surface area contributed by atoms with Gasteiger partial charge in [0.15, 0.2) is 17.0 Å². The van der Waals surface area contributed by atoms with Crippen molar-refractivity contribution >= 4 is 11.9 Å². The van der Waals surface area contributed by atoms with Gasteiger partial charge in [0.2, 0.25) is 0 Å². The summed E-state index contributed by atoms with van der Waals surface area (Å²) in [6.45, 7) is 2.48. The van der Waals surface area contributed by atoms with Crippen molar-refractivity contribution in [2.24, 2.45) is 0 Å². The van der Waals surface area contributed by atoms with Gasteiger partial charge in [0.05, 0.1) is 33.2 Å². The van der Waals surface area contributed by atoms with E-state index in [9.17, 15) is 9.59 Å². The molecule has 5 rings (SSSR count). The Balaban J connectivity index is 1.52. The van der Waals surface area contributed by atoms with Gasteiger partial charge in [-0.05, 0) is 54.3 Å². The normalized spacial score (nSPS) is 22.4. The number of furan rings is 1. The lowest BCUT2D eigenvalue weighted by molar-refractivity contribution is -0.133.